The monoisotopic (exact) mass is 418 g/mol. The maximum atomic E-state index is 12.3. The highest BCUT2D eigenvalue weighted by Gasteiger charge is 2.41. The van der Waals surface area contributed by atoms with Gasteiger partial charge in [-0.3, -0.25) is 4.18 Å². The average Bonchev–Trinajstić information content (AvgIpc) is 3.31. The predicted octanol–water partition coefficient (Wildman–Crippen LogP) is 3.38. The molecule has 0 spiro atoms. The molecule has 3 atom stereocenters. The minimum atomic E-state index is -3.95. The summed E-state index contributed by atoms with van der Waals surface area (Å²) in [6.07, 6.45) is 2.19. The molecule has 2 N–H and O–H groups in total. The molecule has 0 amide bonds. The standard InChI is InChI=1S/C22H26O6S/c1-13-3-7-18(8-4-13)29(25,26)28-12-17(23)10-16-11-19(27-2)20-14-5-6-15(9-14)21(20)22(16)24/h3-4,7-8,11,14-15,17,23-24H,5-6,9-10,12H2,1-2H3. The number of benzene rings is 2. The lowest BCUT2D eigenvalue weighted by atomic mass is 9.87. The number of phenolic OH excluding ortho intramolecular Hbond substituents is 1. The Morgan fingerprint density at radius 2 is 1.79 bits per heavy atom. The van der Waals surface area contributed by atoms with E-state index < -0.39 is 16.2 Å². The maximum absolute atomic E-state index is 12.3. The molecule has 0 aromatic heterocycles. The van der Waals surface area contributed by atoms with Gasteiger partial charge in [-0.1, -0.05) is 17.7 Å². The summed E-state index contributed by atoms with van der Waals surface area (Å²) >= 11 is 0. The Morgan fingerprint density at radius 3 is 2.45 bits per heavy atom. The summed E-state index contributed by atoms with van der Waals surface area (Å²) in [6, 6.07) is 8.09. The molecule has 0 heterocycles. The first-order valence-corrected chi connectivity index (χ1v) is 11.3. The van der Waals surface area contributed by atoms with Gasteiger partial charge in [-0.05, 0) is 56.2 Å². The summed E-state index contributed by atoms with van der Waals surface area (Å²) in [6.45, 7) is 1.48. The number of methoxy groups -OCH3 is 1. The summed E-state index contributed by atoms with van der Waals surface area (Å²) in [5, 5.41) is 21.2. The second kappa shape index (κ2) is 7.63. The van der Waals surface area contributed by atoms with Gasteiger partial charge in [0.1, 0.15) is 11.5 Å². The van der Waals surface area contributed by atoms with Gasteiger partial charge in [-0.25, -0.2) is 0 Å². The van der Waals surface area contributed by atoms with Crippen molar-refractivity contribution in [3.63, 3.8) is 0 Å². The van der Waals surface area contributed by atoms with E-state index in [-0.39, 0.29) is 23.7 Å². The van der Waals surface area contributed by atoms with Crippen molar-refractivity contribution in [3.05, 3.63) is 52.6 Å². The van der Waals surface area contributed by atoms with Crippen molar-refractivity contribution in [3.8, 4) is 11.5 Å². The van der Waals surface area contributed by atoms with Gasteiger partial charge in [-0.2, -0.15) is 8.42 Å². The fraction of sp³-hybridized carbons (Fsp3) is 0.455. The Kier molecular flexibility index (Phi) is 5.31. The first kappa shape index (κ1) is 20.2. The average molecular weight is 419 g/mol. The van der Waals surface area contributed by atoms with Crippen LogP contribution >= 0.6 is 0 Å². The van der Waals surface area contributed by atoms with Gasteiger partial charge >= 0.3 is 0 Å². The molecule has 2 aromatic rings. The van der Waals surface area contributed by atoms with E-state index >= 15 is 0 Å². The molecule has 7 heteroatoms. The van der Waals surface area contributed by atoms with E-state index in [1.54, 1.807) is 25.3 Å². The van der Waals surface area contributed by atoms with Crippen LogP contribution in [0.15, 0.2) is 35.2 Å². The Hall–Kier alpha value is -2.09. The van der Waals surface area contributed by atoms with E-state index in [0.29, 0.717) is 17.4 Å². The molecule has 4 rings (SSSR count). The van der Waals surface area contributed by atoms with Crippen molar-refractivity contribution >= 4 is 10.1 Å². The molecule has 2 aliphatic carbocycles. The SMILES string of the molecule is COc1cc(CC(O)COS(=O)(=O)c2ccc(C)cc2)c(O)c2c1C1CCC2C1. The second-order valence-electron chi connectivity index (χ2n) is 8.03. The van der Waals surface area contributed by atoms with E-state index in [1.165, 1.54) is 12.1 Å². The summed E-state index contributed by atoms with van der Waals surface area (Å²) in [7, 11) is -2.34. The van der Waals surface area contributed by atoms with Crippen molar-refractivity contribution in [2.24, 2.45) is 0 Å². The van der Waals surface area contributed by atoms with Crippen molar-refractivity contribution in [1.29, 1.82) is 0 Å². The third kappa shape index (κ3) is 3.74. The number of aliphatic hydroxyl groups is 1. The van der Waals surface area contributed by atoms with Gasteiger partial charge < -0.3 is 14.9 Å². The lowest BCUT2D eigenvalue weighted by Crippen LogP contribution is -2.21. The molecule has 1 saturated carbocycles. The van der Waals surface area contributed by atoms with E-state index in [0.717, 1.165) is 41.7 Å². The number of phenols is 1. The molecule has 2 aromatic carbocycles. The number of ether oxygens (including phenoxy) is 1. The fourth-order valence-electron chi connectivity index (χ4n) is 4.66. The van der Waals surface area contributed by atoms with Crippen LogP contribution in [0.25, 0.3) is 0 Å². The minimum absolute atomic E-state index is 0.0494. The Labute approximate surface area is 171 Å². The summed E-state index contributed by atoms with van der Waals surface area (Å²) in [4.78, 5) is 0.0494. The number of aliphatic hydroxyl groups excluding tert-OH is 1. The predicted molar refractivity (Wildman–Crippen MR) is 108 cm³/mol. The van der Waals surface area contributed by atoms with Gasteiger partial charge in [0, 0.05) is 23.1 Å². The van der Waals surface area contributed by atoms with Gasteiger partial charge in [-0.15, -0.1) is 0 Å². The summed E-state index contributed by atoms with van der Waals surface area (Å²) in [5.74, 6) is 1.70. The molecule has 0 saturated heterocycles. The van der Waals surface area contributed by atoms with E-state index in [4.69, 9.17) is 8.92 Å². The van der Waals surface area contributed by atoms with Crippen molar-refractivity contribution in [2.45, 2.75) is 55.4 Å². The van der Waals surface area contributed by atoms with E-state index in [2.05, 4.69) is 0 Å². The maximum Gasteiger partial charge on any atom is 0.297 e. The molecule has 0 aliphatic heterocycles. The molecule has 0 radical (unpaired) electrons. The molecule has 156 valence electrons. The smallest absolute Gasteiger partial charge is 0.297 e. The van der Waals surface area contributed by atoms with Gasteiger partial charge in [0.2, 0.25) is 0 Å². The zero-order chi connectivity index (χ0) is 20.8. The van der Waals surface area contributed by atoms with Crippen LogP contribution in [0.1, 0.15) is 53.4 Å². The molecule has 3 unspecified atom stereocenters. The second-order valence-corrected chi connectivity index (χ2v) is 9.65. The number of aryl methyl sites for hydroxylation is 1. The van der Waals surface area contributed by atoms with Crippen LogP contribution in [0, 0.1) is 6.92 Å². The molecular formula is C22H26O6S. The van der Waals surface area contributed by atoms with Crippen LogP contribution in [0.2, 0.25) is 0 Å². The summed E-state index contributed by atoms with van der Waals surface area (Å²) in [5.41, 5.74) is 3.53. The molecule has 29 heavy (non-hydrogen) atoms. The molecule has 6 nitrogen and oxygen atoms in total. The zero-order valence-corrected chi connectivity index (χ0v) is 17.4. The number of hydrogen-bond acceptors (Lipinski definition) is 6. The lowest BCUT2D eigenvalue weighted by Gasteiger charge is -2.22. The molecular weight excluding hydrogens is 392 g/mol. The topological polar surface area (TPSA) is 93.1 Å². The Morgan fingerprint density at radius 1 is 1.14 bits per heavy atom. The Balaban J connectivity index is 1.48. The number of fused-ring (bicyclic) bond motifs is 5. The van der Waals surface area contributed by atoms with Crippen LogP contribution in [-0.4, -0.2) is 38.5 Å². The Bertz CT molecular complexity index is 1010. The highest BCUT2D eigenvalue weighted by molar-refractivity contribution is 7.86. The lowest BCUT2D eigenvalue weighted by molar-refractivity contribution is 0.110. The van der Waals surface area contributed by atoms with Crippen LogP contribution in [0.4, 0.5) is 0 Å². The zero-order valence-electron chi connectivity index (χ0n) is 16.6. The number of hydrogen-bond donors (Lipinski definition) is 2. The van der Waals surface area contributed by atoms with Crippen LogP contribution < -0.4 is 4.74 Å². The number of rotatable bonds is 7. The highest BCUT2D eigenvalue weighted by Crippen LogP contribution is 2.59. The van der Waals surface area contributed by atoms with Gasteiger partial charge in [0.05, 0.1) is 24.7 Å². The first-order chi connectivity index (χ1) is 13.8. The van der Waals surface area contributed by atoms with E-state index in [1.807, 2.05) is 6.92 Å². The van der Waals surface area contributed by atoms with Crippen LogP contribution in [0.5, 0.6) is 11.5 Å². The van der Waals surface area contributed by atoms with Crippen molar-refractivity contribution < 1.29 is 27.6 Å². The normalized spacial score (nSPS) is 21.2. The van der Waals surface area contributed by atoms with Gasteiger partial charge in [0.25, 0.3) is 10.1 Å². The van der Waals surface area contributed by atoms with Gasteiger partial charge in [0.15, 0.2) is 0 Å². The first-order valence-electron chi connectivity index (χ1n) is 9.87. The molecule has 2 aliphatic rings. The van der Waals surface area contributed by atoms with Crippen LogP contribution in [0.3, 0.4) is 0 Å². The van der Waals surface area contributed by atoms with E-state index in [9.17, 15) is 18.6 Å². The molecule has 1 fully saturated rings. The minimum Gasteiger partial charge on any atom is -0.507 e. The quantitative estimate of drug-likeness (QED) is 0.670. The largest absolute Gasteiger partial charge is 0.507 e. The molecule has 2 bridgehead atoms. The van der Waals surface area contributed by atoms with Crippen LogP contribution in [-0.2, 0) is 20.7 Å². The fourth-order valence-corrected chi connectivity index (χ4v) is 5.60. The van der Waals surface area contributed by atoms with Crippen molar-refractivity contribution in [1.82, 2.24) is 0 Å². The highest BCUT2D eigenvalue weighted by atomic mass is 32.2. The number of aromatic hydroxyl groups is 1. The van der Waals surface area contributed by atoms with Crippen molar-refractivity contribution in [2.75, 3.05) is 13.7 Å². The third-order valence-electron chi connectivity index (χ3n) is 6.07. The summed E-state index contributed by atoms with van der Waals surface area (Å²) < 4.78 is 35.2. The third-order valence-corrected chi connectivity index (χ3v) is 7.37.